The summed E-state index contributed by atoms with van der Waals surface area (Å²) in [5.41, 5.74) is 4.47. The van der Waals surface area contributed by atoms with Crippen molar-refractivity contribution in [2.75, 3.05) is 0 Å². The number of imidazole rings is 1. The molecule has 3 rings (SSSR count). The average Bonchev–Trinajstić information content (AvgIpc) is 2.99. The monoisotopic (exact) mass is 260 g/mol. The van der Waals surface area contributed by atoms with E-state index in [-0.39, 0.29) is 0 Å². The van der Waals surface area contributed by atoms with Gasteiger partial charge in [0.2, 0.25) is 0 Å². The van der Waals surface area contributed by atoms with Crippen molar-refractivity contribution in [1.29, 1.82) is 0 Å². The highest BCUT2D eigenvalue weighted by Gasteiger charge is 2.02. The molecule has 0 radical (unpaired) electrons. The Bertz CT molecular complexity index is 709. The molecule has 0 aliphatic carbocycles. The summed E-state index contributed by atoms with van der Waals surface area (Å²) in [5.74, 6) is 0. The Hall–Kier alpha value is -2.61. The molecular formula is C18H16N2. The van der Waals surface area contributed by atoms with E-state index in [1.54, 1.807) is 0 Å². The zero-order chi connectivity index (χ0) is 13.8. The molecule has 98 valence electrons. The van der Waals surface area contributed by atoms with Gasteiger partial charge in [0, 0.05) is 17.5 Å². The van der Waals surface area contributed by atoms with Gasteiger partial charge in [0.25, 0.3) is 0 Å². The van der Waals surface area contributed by atoms with Gasteiger partial charge in [0.05, 0.1) is 12.0 Å². The number of benzene rings is 2. The number of hydrogen-bond acceptors (Lipinski definition) is 1. The Kier molecular flexibility index (Phi) is 3.46. The molecule has 0 unspecified atom stereocenters. The molecule has 2 aromatic carbocycles. The van der Waals surface area contributed by atoms with Gasteiger partial charge in [-0.3, -0.25) is 0 Å². The van der Waals surface area contributed by atoms with Gasteiger partial charge in [-0.1, -0.05) is 60.7 Å². The first-order valence-corrected chi connectivity index (χ1v) is 6.66. The summed E-state index contributed by atoms with van der Waals surface area (Å²) in [6.07, 6.45) is 6.07. The molecule has 2 nitrogen and oxygen atoms in total. The Morgan fingerprint density at radius 3 is 2.30 bits per heavy atom. The maximum atomic E-state index is 4.47. The van der Waals surface area contributed by atoms with Gasteiger partial charge < -0.3 is 4.57 Å². The van der Waals surface area contributed by atoms with Crippen molar-refractivity contribution < 1.29 is 0 Å². The fourth-order valence-electron chi connectivity index (χ4n) is 2.14. The minimum absolute atomic E-state index is 0.992. The predicted octanol–water partition coefficient (Wildman–Crippen LogP) is 4.57. The van der Waals surface area contributed by atoms with Gasteiger partial charge in [0.1, 0.15) is 0 Å². The molecule has 0 amide bonds. The molecule has 0 fully saturated rings. The van der Waals surface area contributed by atoms with E-state index in [0.717, 1.165) is 17.0 Å². The van der Waals surface area contributed by atoms with E-state index < -0.39 is 0 Å². The smallest absolute Gasteiger partial charge is 0.0996 e. The van der Waals surface area contributed by atoms with Crippen LogP contribution in [0.5, 0.6) is 0 Å². The number of allylic oxidation sites excluding steroid dienone is 1. The molecule has 0 N–H and O–H groups in total. The van der Waals surface area contributed by atoms with Crippen LogP contribution in [0.1, 0.15) is 12.5 Å². The maximum absolute atomic E-state index is 4.47. The summed E-state index contributed by atoms with van der Waals surface area (Å²) >= 11 is 0. The van der Waals surface area contributed by atoms with Crippen LogP contribution in [-0.4, -0.2) is 9.55 Å². The van der Waals surface area contributed by atoms with Gasteiger partial charge in [-0.25, -0.2) is 4.98 Å². The lowest BCUT2D eigenvalue weighted by Gasteiger charge is -2.02. The third-order valence-electron chi connectivity index (χ3n) is 3.23. The van der Waals surface area contributed by atoms with E-state index in [9.17, 15) is 0 Å². The Morgan fingerprint density at radius 1 is 0.950 bits per heavy atom. The summed E-state index contributed by atoms with van der Waals surface area (Å²) < 4.78 is 2.05. The minimum atomic E-state index is 0.992. The van der Waals surface area contributed by atoms with Crippen LogP contribution in [0.2, 0.25) is 0 Å². The lowest BCUT2D eigenvalue weighted by molar-refractivity contribution is 1.08. The second kappa shape index (κ2) is 5.57. The fourth-order valence-corrected chi connectivity index (χ4v) is 2.14. The van der Waals surface area contributed by atoms with Crippen LogP contribution in [0.3, 0.4) is 0 Å². The predicted molar refractivity (Wildman–Crippen MR) is 83.9 cm³/mol. The highest BCUT2D eigenvalue weighted by molar-refractivity contribution is 5.70. The summed E-state index contributed by atoms with van der Waals surface area (Å²) in [5, 5.41) is 0. The van der Waals surface area contributed by atoms with Crippen LogP contribution >= 0.6 is 0 Å². The summed E-state index contributed by atoms with van der Waals surface area (Å²) in [7, 11) is 0. The first kappa shape index (κ1) is 12.4. The zero-order valence-electron chi connectivity index (χ0n) is 11.4. The zero-order valence-corrected chi connectivity index (χ0v) is 11.4. The number of aromatic nitrogens is 2. The lowest BCUT2D eigenvalue weighted by Crippen LogP contribution is -1.88. The quantitative estimate of drug-likeness (QED) is 0.674. The molecule has 0 spiro atoms. The summed E-state index contributed by atoms with van der Waals surface area (Å²) in [4.78, 5) is 4.47. The van der Waals surface area contributed by atoms with Gasteiger partial charge in [-0.15, -0.1) is 0 Å². The van der Waals surface area contributed by atoms with Crippen molar-refractivity contribution in [3.05, 3.63) is 78.8 Å². The first-order valence-electron chi connectivity index (χ1n) is 6.66. The summed E-state index contributed by atoms with van der Waals surface area (Å²) in [6, 6.07) is 20.5. The average molecular weight is 260 g/mol. The molecule has 0 atom stereocenters. The summed E-state index contributed by atoms with van der Waals surface area (Å²) in [6.45, 7) is 2.09. The SMILES string of the molecule is C/C(=C\c1ccccc1)n1cnc(-c2ccccc2)c1. The molecule has 2 heteroatoms. The number of nitrogens with zero attached hydrogens (tertiary/aromatic N) is 2. The second-order valence-electron chi connectivity index (χ2n) is 4.73. The van der Waals surface area contributed by atoms with E-state index in [1.807, 2.05) is 42.7 Å². The molecule has 0 bridgehead atoms. The van der Waals surface area contributed by atoms with Crippen molar-refractivity contribution in [3.63, 3.8) is 0 Å². The minimum Gasteiger partial charge on any atom is -0.310 e. The second-order valence-corrected chi connectivity index (χ2v) is 4.73. The molecule has 1 heterocycles. The molecule has 20 heavy (non-hydrogen) atoms. The van der Waals surface area contributed by atoms with E-state index in [2.05, 4.69) is 53.0 Å². The fraction of sp³-hybridized carbons (Fsp3) is 0.0556. The van der Waals surface area contributed by atoms with Crippen molar-refractivity contribution >= 4 is 11.8 Å². The van der Waals surface area contributed by atoms with E-state index >= 15 is 0 Å². The highest BCUT2D eigenvalue weighted by atomic mass is 15.0. The first-order chi connectivity index (χ1) is 9.83. The van der Waals surface area contributed by atoms with Gasteiger partial charge >= 0.3 is 0 Å². The van der Waals surface area contributed by atoms with Gasteiger partial charge in [-0.2, -0.15) is 0 Å². The topological polar surface area (TPSA) is 17.8 Å². The third kappa shape index (κ3) is 2.69. The Labute approximate surface area is 119 Å². The van der Waals surface area contributed by atoms with Crippen LogP contribution in [-0.2, 0) is 0 Å². The molecule has 0 saturated heterocycles. The van der Waals surface area contributed by atoms with Crippen molar-refractivity contribution in [2.24, 2.45) is 0 Å². The van der Waals surface area contributed by atoms with Crippen molar-refractivity contribution in [2.45, 2.75) is 6.92 Å². The Morgan fingerprint density at radius 2 is 1.60 bits per heavy atom. The van der Waals surface area contributed by atoms with Crippen LogP contribution in [0, 0.1) is 0 Å². The Balaban J connectivity index is 1.89. The highest BCUT2D eigenvalue weighted by Crippen LogP contribution is 2.19. The van der Waals surface area contributed by atoms with Gasteiger partial charge in [0.15, 0.2) is 0 Å². The normalized spacial score (nSPS) is 11.6. The number of hydrogen-bond donors (Lipinski definition) is 0. The van der Waals surface area contributed by atoms with E-state index in [4.69, 9.17) is 0 Å². The number of rotatable bonds is 3. The molecular weight excluding hydrogens is 244 g/mol. The van der Waals surface area contributed by atoms with Crippen molar-refractivity contribution in [3.8, 4) is 11.3 Å². The molecule has 1 aromatic heterocycles. The standard InChI is InChI=1S/C18H16N2/c1-15(12-16-8-4-2-5-9-16)20-13-18(19-14-20)17-10-6-3-7-11-17/h2-14H,1H3/b15-12+. The molecule has 0 aliphatic heterocycles. The molecule has 0 aliphatic rings. The van der Waals surface area contributed by atoms with Crippen molar-refractivity contribution in [1.82, 2.24) is 9.55 Å². The maximum Gasteiger partial charge on any atom is 0.0996 e. The van der Waals surface area contributed by atoms with Crippen LogP contribution < -0.4 is 0 Å². The molecule has 3 aromatic rings. The van der Waals surface area contributed by atoms with E-state index in [0.29, 0.717) is 0 Å². The van der Waals surface area contributed by atoms with Crippen LogP contribution in [0.4, 0.5) is 0 Å². The molecule has 0 saturated carbocycles. The van der Waals surface area contributed by atoms with Crippen LogP contribution in [0.25, 0.3) is 23.0 Å². The van der Waals surface area contributed by atoms with Crippen LogP contribution in [0.15, 0.2) is 73.2 Å². The van der Waals surface area contributed by atoms with E-state index in [1.165, 1.54) is 5.56 Å². The van der Waals surface area contributed by atoms with Gasteiger partial charge in [-0.05, 0) is 18.6 Å². The largest absolute Gasteiger partial charge is 0.310 e. The third-order valence-corrected chi connectivity index (χ3v) is 3.23. The lowest BCUT2D eigenvalue weighted by atomic mass is 10.2.